The number of alkyl halides is 3. The highest BCUT2D eigenvalue weighted by atomic mass is 19.4. The normalized spacial score (nSPS) is 16.6. The summed E-state index contributed by atoms with van der Waals surface area (Å²) in [6.45, 7) is -2.40. The molecule has 0 heterocycles. The summed E-state index contributed by atoms with van der Waals surface area (Å²) in [5.74, 6) is -1.77. The van der Waals surface area contributed by atoms with E-state index in [1.807, 2.05) is 0 Å². The average Bonchev–Trinajstić information content (AvgIpc) is 2.75. The number of carboxylic acid groups (broad SMARTS) is 1. The Morgan fingerprint density at radius 1 is 1.21 bits per heavy atom. The van der Waals surface area contributed by atoms with Gasteiger partial charge in [0.1, 0.15) is 13.1 Å². The van der Waals surface area contributed by atoms with Crippen molar-refractivity contribution < 1.29 is 27.9 Å². The third-order valence-electron chi connectivity index (χ3n) is 3.29. The van der Waals surface area contributed by atoms with Gasteiger partial charge in [-0.2, -0.15) is 13.2 Å². The summed E-state index contributed by atoms with van der Waals surface area (Å²) < 4.78 is 36.8. The molecule has 1 aliphatic rings. The number of rotatable bonds is 6. The monoisotopic (exact) mass is 281 g/mol. The predicted molar refractivity (Wildman–Crippen MR) is 61.5 cm³/mol. The minimum absolute atomic E-state index is 0.00593. The Morgan fingerprint density at radius 2 is 1.79 bits per heavy atom. The second-order valence-corrected chi connectivity index (χ2v) is 4.95. The fourth-order valence-corrected chi connectivity index (χ4v) is 2.40. The number of carbonyl (C=O) groups excluding carboxylic acids is 1. The van der Waals surface area contributed by atoms with Gasteiger partial charge < -0.3 is 10.0 Å². The molecule has 0 spiro atoms. The van der Waals surface area contributed by atoms with Crippen LogP contribution in [-0.2, 0) is 9.59 Å². The summed E-state index contributed by atoms with van der Waals surface area (Å²) in [5.41, 5.74) is 0. The van der Waals surface area contributed by atoms with Crippen molar-refractivity contribution in [2.24, 2.45) is 5.92 Å². The molecule has 1 N–H and O–H groups in total. The zero-order chi connectivity index (χ0) is 14.5. The molecule has 7 heteroatoms. The fourth-order valence-electron chi connectivity index (χ4n) is 2.40. The van der Waals surface area contributed by atoms with Gasteiger partial charge in [-0.3, -0.25) is 9.59 Å². The number of hydrogen-bond acceptors (Lipinski definition) is 2. The molecule has 0 aromatic heterocycles. The van der Waals surface area contributed by atoms with E-state index in [4.69, 9.17) is 5.11 Å². The minimum atomic E-state index is -4.57. The Hall–Kier alpha value is -1.27. The lowest BCUT2D eigenvalue weighted by Gasteiger charge is -2.22. The highest BCUT2D eigenvalue weighted by Gasteiger charge is 2.34. The van der Waals surface area contributed by atoms with E-state index in [1.54, 1.807) is 0 Å². The van der Waals surface area contributed by atoms with Crippen molar-refractivity contribution >= 4 is 11.9 Å². The lowest BCUT2D eigenvalue weighted by atomic mass is 10.0. The molecule has 1 aliphatic carbocycles. The van der Waals surface area contributed by atoms with Crippen LogP contribution in [0.1, 0.15) is 38.5 Å². The third kappa shape index (κ3) is 6.45. The van der Waals surface area contributed by atoms with Crippen LogP contribution in [0.5, 0.6) is 0 Å². The number of carboxylic acids is 1. The Morgan fingerprint density at radius 3 is 2.26 bits per heavy atom. The first-order valence-electron chi connectivity index (χ1n) is 6.34. The first-order chi connectivity index (χ1) is 8.78. The van der Waals surface area contributed by atoms with Gasteiger partial charge in [0, 0.05) is 6.42 Å². The molecule has 1 fully saturated rings. The maximum atomic E-state index is 12.3. The second-order valence-electron chi connectivity index (χ2n) is 4.95. The van der Waals surface area contributed by atoms with Crippen molar-refractivity contribution in [2.45, 2.75) is 44.7 Å². The zero-order valence-electron chi connectivity index (χ0n) is 10.6. The molecule has 19 heavy (non-hydrogen) atoms. The average molecular weight is 281 g/mol. The van der Waals surface area contributed by atoms with E-state index in [0.29, 0.717) is 17.2 Å². The van der Waals surface area contributed by atoms with Crippen molar-refractivity contribution in [3.63, 3.8) is 0 Å². The topological polar surface area (TPSA) is 57.6 Å². The molecule has 0 unspecified atom stereocenters. The molecule has 0 radical (unpaired) electrons. The maximum absolute atomic E-state index is 12.3. The van der Waals surface area contributed by atoms with Gasteiger partial charge in [-0.1, -0.05) is 25.7 Å². The van der Waals surface area contributed by atoms with Crippen molar-refractivity contribution in [1.82, 2.24) is 4.90 Å². The molecule has 1 amide bonds. The van der Waals surface area contributed by atoms with E-state index in [-0.39, 0.29) is 6.42 Å². The first kappa shape index (κ1) is 15.8. The molecule has 1 rings (SSSR count). The van der Waals surface area contributed by atoms with Gasteiger partial charge in [-0.25, -0.2) is 0 Å². The molecule has 110 valence electrons. The minimum Gasteiger partial charge on any atom is -0.480 e. The van der Waals surface area contributed by atoms with E-state index in [9.17, 15) is 22.8 Å². The SMILES string of the molecule is O=C(O)CN(CC(F)(F)F)C(=O)CCC1CCCC1. The Labute approximate surface area is 109 Å². The Balaban J connectivity index is 2.47. The Bertz CT molecular complexity index is 325. The summed E-state index contributed by atoms with van der Waals surface area (Å²) in [6, 6.07) is 0. The fraction of sp³-hybridized carbons (Fsp3) is 0.833. The number of nitrogens with zero attached hydrogens (tertiary/aromatic N) is 1. The van der Waals surface area contributed by atoms with Crippen LogP contribution in [0, 0.1) is 5.92 Å². The molecule has 4 nitrogen and oxygen atoms in total. The lowest BCUT2D eigenvalue weighted by molar-refractivity contribution is -0.165. The molecule has 0 atom stereocenters. The Kier molecular flexibility index (Phi) is 5.62. The number of halogens is 3. The van der Waals surface area contributed by atoms with Crippen molar-refractivity contribution in [2.75, 3.05) is 13.1 Å². The van der Waals surface area contributed by atoms with E-state index in [1.165, 1.54) is 0 Å². The highest BCUT2D eigenvalue weighted by molar-refractivity contribution is 5.81. The van der Waals surface area contributed by atoms with Gasteiger partial charge >= 0.3 is 12.1 Å². The van der Waals surface area contributed by atoms with Gasteiger partial charge in [0.05, 0.1) is 0 Å². The quantitative estimate of drug-likeness (QED) is 0.813. The van der Waals surface area contributed by atoms with Crippen LogP contribution in [0.3, 0.4) is 0 Å². The summed E-state index contributed by atoms with van der Waals surface area (Å²) >= 11 is 0. The molecule has 0 bridgehead atoms. The van der Waals surface area contributed by atoms with E-state index in [0.717, 1.165) is 25.7 Å². The predicted octanol–water partition coefficient (Wildman–Crippen LogP) is 2.43. The third-order valence-corrected chi connectivity index (χ3v) is 3.29. The molecule has 0 saturated heterocycles. The standard InChI is InChI=1S/C12H18F3NO3/c13-12(14,15)8-16(7-11(18)19)10(17)6-5-9-3-1-2-4-9/h9H,1-8H2,(H,18,19). The number of carbonyl (C=O) groups is 2. The van der Waals surface area contributed by atoms with E-state index < -0.39 is 31.1 Å². The summed E-state index contributed by atoms with van der Waals surface area (Å²) in [7, 11) is 0. The second kappa shape index (κ2) is 6.77. The van der Waals surface area contributed by atoms with E-state index in [2.05, 4.69) is 0 Å². The van der Waals surface area contributed by atoms with Crippen molar-refractivity contribution in [3.8, 4) is 0 Å². The largest absolute Gasteiger partial charge is 0.480 e. The van der Waals surface area contributed by atoms with Crippen LogP contribution in [0.4, 0.5) is 13.2 Å². The lowest BCUT2D eigenvalue weighted by Crippen LogP contribution is -2.42. The summed E-state index contributed by atoms with van der Waals surface area (Å²) in [6.07, 6.45) is 0.177. The van der Waals surface area contributed by atoms with Gasteiger partial charge in [0.25, 0.3) is 0 Å². The summed E-state index contributed by atoms with van der Waals surface area (Å²) in [4.78, 5) is 22.5. The molecule has 1 saturated carbocycles. The van der Waals surface area contributed by atoms with Crippen LogP contribution in [-0.4, -0.2) is 41.1 Å². The van der Waals surface area contributed by atoms with Gasteiger partial charge in [0.15, 0.2) is 0 Å². The van der Waals surface area contributed by atoms with Crippen molar-refractivity contribution in [3.05, 3.63) is 0 Å². The van der Waals surface area contributed by atoms with Crippen LogP contribution in [0.2, 0.25) is 0 Å². The number of amides is 1. The van der Waals surface area contributed by atoms with Gasteiger partial charge in [0.2, 0.25) is 5.91 Å². The van der Waals surface area contributed by atoms with Gasteiger partial charge in [-0.15, -0.1) is 0 Å². The maximum Gasteiger partial charge on any atom is 0.406 e. The molecular formula is C12H18F3NO3. The molecule has 0 aromatic rings. The van der Waals surface area contributed by atoms with Crippen LogP contribution >= 0.6 is 0 Å². The molecule has 0 aliphatic heterocycles. The van der Waals surface area contributed by atoms with Crippen LogP contribution < -0.4 is 0 Å². The van der Waals surface area contributed by atoms with Crippen LogP contribution in [0.25, 0.3) is 0 Å². The van der Waals surface area contributed by atoms with Crippen LogP contribution in [0.15, 0.2) is 0 Å². The van der Waals surface area contributed by atoms with Gasteiger partial charge in [-0.05, 0) is 12.3 Å². The number of hydrogen-bond donors (Lipinski definition) is 1. The zero-order valence-corrected chi connectivity index (χ0v) is 10.6. The highest BCUT2D eigenvalue weighted by Crippen LogP contribution is 2.29. The van der Waals surface area contributed by atoms with E-state index >= 15 is 0 Å². The summed E-state index contributed by atoms with van der Waals surface area (Å²) in [5, 5.41) is 8.55. The first-order valence-corrected chi connectivity index (χ1v) is 6.34. The smallest absolute Gasteiger partial charge is 0.406 e. The number of aliphatic carboxylic acids is 1. The molecule has 0 aromatic carbocycles. The molecular weight excluding hydrogens is 263 g/mol. The van der Waals surface area contributed by atoms with Crippen molar-refractivity contribution in [1.29, 1.82) is 0 Å².